The van der Waals surface area contributed by atoms with E-state index >= 15 is 0 Å². The number of piperazine rings is 1. The second-order valence-corrected chi connectivity index (χ2v) is 5.70. The van der Waals surface area contributed by atoms with E-state index in [1.54, 1.807) is 0 Å². The number of nitrogens with zero attached hydrogens (tertiary/aromatic N) is 1. The molecular formula is C14H24N2O2. The van der Waals surface area contributed by atoms with Crippen LogP contribution in [0.25, 0.3) is 0 Å². The molecule has 1 saturated heterocycles. The maximum Gasteiger partial charge on any atom is 0.249 e. The zero-order valence-electron chi connectivity index (χ0n) is 11.8. The van der Waals surface area contributed by atoms with Crippen molar-refractivity contribution in [3.63, 3.8) is 0 Å². The summed E-state index contributed by atoms with van der Waals surface area (Å²) in [5, 5.41) is 2.98. The highest BCUT2D eigenvalue weighted by molar-refractivity contribution is 6.00. The van der Waals surface area contributed by atoms with Gasteiger partial charge in [-0.3, -0.25) is 9.59 Å². The van der Waals surface area contributed by atoms with Gasteiger partial charge >= 0.3 is 0 Å². The van der Waals surface area contributed by atoms with Gasteiger partial charge in [0.25, 0.3) is 0 Å². The molecule has 0 aromatic rings. The van der Waals surface area contributed by atoms with Crippen LogP contribution in [0.2, 0.25) is 0 Å². The third kappa shape index (κ3) is 1.82. The highest BCUT2D eigenvalue weighted by atomic mass is 16.2. The number of amides is 2. The molecule has 0 bridgehead atoms. The molecular weight excluding hydrogens is 228 g/mol. The Morgan fingerprint density at radius 3 is 2.22 bits per heavy atom. The lowest BCUT2D eigenvalue weighted by molar-refractivity contribution is -0.156. The molecule has 3 unspecified atom stereocenters. The lowest BCUT2D eigenvalue weighted by atomic mass is 9.86. The van der Waals surface area contributed by atoms with Gasteiger partial charge in [0.2, 0.25) is 11.8 Å². The Balaban J connectivity index is 2.32. The SMILES string of the molecule is CCC1C(=O)NC(CC)(CC)C(=O)N1C1CC1C. The largest absolute Gasteiger partial charge is 0.340 e. The third-order valence-corrected chi connectivity index (χ3v) is 4.66. The summed E-state index contributed by atoms with van der Waals surface area (Å²) in [6.07, 6.45) is 3.08. The molecule has 1 N–H and O–H groups in total. The van der Waals surface area contributed by atoms with Crippen LogP contribution in [0.1, 0.15) is 53.4 Å². The fraction of sp³-hybridized carbons (Fsp3) is 0.857. The van der Waals surface area contributed by atoms with Gasteiger partial charge in [0.1, 0.15) is 11.6 Å². The van der Waals surface area contributed by atoms with Gasteiger partial charge in [0, 0.05) is 6.04 Å². The molecule has 2 rings (SSSR count). The quantitative estimate of drug-likeness (QED) is 0.827. The van der Waals surface area contributed by atoms with Crippen molar-refractivity contribution >= 4 is 11.8 Å². The highest BCUT2D eigenvalue weighted by Crippen LogP contribution is 2.40. The van der Waals surface area contributed by atoms with Crippen molar-refractivity contribution in [1.29, 1.82) is 0 Å². The zero-order chi connectivity index (χ0) is 13.5. The Labute approximate surface area is 109 Å². The van der Waals surface area contributed by atoms with Crippen LogP contribution in [-0.2, 0) is 9.59 Å². The summed E-state index contributed by atoms with van der Waals surface area (Å²) < 4.78 is 0. The van der Waals surface area contributed by atoms with Crippen LogP contribution in [0.4, 0.5) is 0 Å². The average molecular weight is 252 g/mol. The van der Waals surface area contributed by atoms with Gasteiger partial charge < -0.3 is 10.2 Å². The molecule has 0 aromatic heterocycles. The smallest absolute Gasteiger partial charge is 0.249 e. The van der Waals surface area contributed by atoms with E-state index in [0.717, 1.165) is 6.42 Å². The molecule has 3 atom stereocenters. The van der Waals surface area contributed by atoms with Crippen molar-refractivity contribution in [2.45, 2.75) is 71.0 Å². The van der Waals surface area contributed by atoms with E-state index in [-0.39, 0.29) is 23.9 Å². The van der Waals surface area contributed by atoms with Gasteiger partial charge in [-0.1, -0.05) is 27.7 Å². The van der Waals surface area contributed by atoms with Crippen LogP contribution in [0.5, 0.6) is 0 Å². The summed E-state index contributed by atoms with van der Waals surface area (Å²) in [5.74, 6) is 0.702. The van der Waals surface area contributed by atoms with E-state index in [9.17, 15) is 9.59 Å². The van der Waals surface area contributed by atoms with E-state index < -0.39 is 5.54 Å². The minimum absolute atomic E-state index is 0.0277. The topological polar surface area (TPSA) is 49.4 Å². The normalized spacial score (nSPS) is 34.4. The number of hydrogen-bond acceptors (Lipinski definition) is 2. The molecule has 2 aliphatic rings. The lowest BCUT2D eigenvalue weighted by Gasteiger charge is -2.45. The molecule has 2 fully saturated rings. The first-order chi connectivity index (χ1) is 8.50. The Morgan fingerprint density at radius 1 is 1.28 bits per heavy atom. The third-order valence-electron chi connectivity index (χ3n) is 4.66. The maximum absolute atomic E-state index is 12.8. The summed E-state index contributed by atoms with van der Waals surface area (Å²) in [5.41, 5.74) is -0.662. The number of nitrogens with one attached hydrogen (secondary N) is 1. The van der Waals surface area contributed by atoms with Crippen LogP contribution in [0.15, 0.2) is 0 Å². The van der Waals surface area contributed by atoms with Crippen LogP contribution >= 0.6 is 0 Å². The van der Waals surface area contributed by atoms with Crippen molar-refractivity contribution in [3.8, 4) is 0 Å². The van der Waals surface area contributed by atoms with E-state index in [1.807, 2.05) is 25.7 Å². The molecule has 1 saturated carbocycles. The van der Waals surface area contributed by atoms with E-state index in [1.165, 1.54) is 0 Å². The molecule has 0 aromatic carbocycles. The van der Waals surface area contributed by atoms with Gasteiger partial charge in [-0.05, 0) is 31.6 Å². The monoisotopic (exact) mass is 252 g/mol. The van der Waals surface area contributed by atoms with E-state index in [2.05, 4.69) is 12.2 Å². The number of carbonyl (C=O) groups excluding carboxylic acids is 2. The lowest BCUT2D eigenvalue weighted by Crippen LogP contribution is -2.70. The second kappa shape index (κ2) is 4.56. The first-order valence-corrected chi connectivity index (χ1v) is 7.15. The molecule has 4 heteroatoms. The predicted molar refractivity (Wildman–Crippen MR) is 69.9 cm³/mol. The van der Waals surface area contributed by atoms with Crippen molar-refractivity contribution < 1.29 is 9.59 Å². The standard InChI is InChI=1S/C14H24N2O2/c1-5-10-12(17)15-14(6-2,7-3)13(18)16(10)11-8-9(11)4/h9-11H,5-8H2,1-4H3,(H,15,17). The van der Waals surface area contributed by atoms with E-state index in [4.69, 9.17) is 0 Å². The number of carbonyl (C=O) groups is 2. The molecule has 0 spiro atoms. The number of hydrogen-bond donors (Lipinski definition) is 1. The van der Waals surface area contributed by atoms with Crippen LogP contribution < -0.4 is 5.32 Å². The van der Waals surface area contributed by atoms with Gasteiger partial charge in [0.05, 0.1) is 0 Å². The maximum atomic E-state index is 12.8. The number of rotatable bonds is 4. The van der Waals surface area contributed by atoms with Crippen molar-refractivity contribution in [3.05, 3.63) is 0 Å². The molecule has 1 aliphatic heterocycles. The van der Waals surface area contributed by atoms with Crippen LogP contribution in [0.3, 0.4) is 0 Å². The van der Waals surface area contributed by atoms with Gasteiger partial charge in [-0.2, -0.15) is 0 Å². The van der Waals surface area contributed by atoms with Crippen molar-refractivity contribution in [2.75, 3.05) is 0 Å². The molecule has 1 aliphatic carbocycles. The molecule has 2 amide bonds. The molecule has 1 heterocycles. The summed E-state index contributed by atoms with van der Waals surface area (Å²) in [6, 6.07) is 0.0182. The summed E-state index contributed by atoms with van der Waals surface area (Å²) >= 11 is 0. The van der Waals surface area contributed by atoms with Crippen LogP contribution in [-0.4, -0.2) is 34.3 Å². The summed E-state index contributed by atoms with van der Waals surface area (Å²) in [6.45, 7) is 8.07. The summed E-state index contributed by atoms with van der Waals surface area (Å²) in [4.78, 5) is 26.9. The fourth-order valence-corrected chi connectivity index (χ4v) is 3.07. The minimum Gasteiger partial charge on any atom is -0.340 e. The minimum atomic E-state index is -0.662. The van der Waals surface area contributed by atoms with Gasteiger partial charge in [0.15, 0.2) is 0 Å². The van der Waals surface area contributed by atoms with Gasteiger partial charge in [-0.25, -0.2) is 0 Å². The molecule has 4 nitrogen and oxygen atoms in total. The zero-order valence-corrected chi connectivity index (χ0v) is 11.8. The Kier molecular flexibility index (Phi) is 3.39. The first kappa shape index (κ1) is 13.4. The second-order valence-electron chi connectivity index (χ2n) is 5.70. The van der Waals surface area contributed by atoms with Crippen molar-refractivity contribution in [2.24, 2.45) is 5.92 Å². The average Bonchev–Trinajstić information content (AvgIpc) is 3.08. The predicted octanol–water partition coefficient (Wildman–Crippen LogP) is 1.69. The molecule has 0 radical (unpaired) electrons. The first-order valence-electron chi connectivity index (χ1n) is 7.15. The van der Waals surface area contributed by atoms with Gasteiger partial charge in [-0.15, -0.1) is 0 Å². The summed E-state index contributed by atoms with van der Waals surface area (Å²) in [7, 11) is 0. The molecule has 18 heavy (non-hydrogen) atoms. The highest BCUT2D eigenvalue weighted by Gasteiger charge is 2.54. The van der Waals surface area contributed by atoms with E-state index in [0.29, 0.717) is 25.2 Å². The Hall–Kier alpha value is -1.06. The van der Waals surface area contributed by atoms with Crippen LogP contribution in [0, 0.1) is 5.92 Å². The molecule has 102 valence electrons. The Morgan fingerprint density at radius 2 is 1.83 bits per heavy atom. The Bertz CT molecular complexity index is 363. The fourth-order valence-electron chi connectivity index (χ4n) is 3.07. The van der Waals surface area contributed by atoms with Crippen molar-refractivity contribution in [1.82, 2.24) is 10.2 Å².